The van der Waals surface area contributed by atoms with E-state index in [2.05, 4.69) is 15.4 Å². The molecule has 1 N–H and O–H groups in total. The van der Waals surface area contributed by atoms with Gasteiger partial charge >= 0.3 is 5.97 Å². The first-order valence-electron chi connectivity index (χ1n) is 7.28. The number of fused-ring (bicyclic) bond motifs is 1. The number of aromatic nitrogens is 3. The monoisotopic (exact) mass is 330 g/mol. The molecule has 1 aromatic carbocycles. The number of anilines is 1. The predicted molar refractivity (Wildman–Crippen MR) is 86.0 cm³/mol. The van der Waals surface area contributed by atoms with Crippen molar-refractivity contribution in [1.82, 2.24) is 14.8 Å². The predicted octanol–water partition coefficient (Wildman–Crippen LogP) is 1.76. The maximum Gasteiger partial charge on any atom is 0.338 e. The second kappa shape index (κ2) is 6.23. The van der Waals surface area contributed by atoms with Gasteiger partial charge in [0.1, 0.15) is 12.4 Å². The van der Waals surface area contributed by atoms with Gasteiger partial charge in [-0.3, -0.25) is 0 Å². The number of esters is 1. The zero-order valence-corrected chi connectivity index (χ0v) is 13.9. The molecule has 2 aromatic rings. The van der Waals surface area contributed by atoms with E-state index in [1.54, 1.807) is 31.9 Å². The highest BCUT2D eigenvalue weighted by molar-refractivity contribution is 5.92. The van der Waals surface area contributed by atoms with Crippen molar-refractivity contribution in [2.24, 2.45) is 0 Å². The minimum Gasteiger partial charge on any atom is -0.493 e. The normalized spacial score (nSPS) is 16.2. The molecule has 0 saturated heterocycles. The van der Waals surface area contributed by atoms with Gasteiger partial charge in [0.05, 0.1) is 26.9 Å². The van der Waals surface area contributed by atoms with Crippen LogP contribution in [0.5, 0.6) is 11.5 Å². The number of hydrogen-bond donors (Lipinski definition) is 1. The van der Waals surface area contributed by atoms with Crippen LogP contribution in [0.1, 0.15) is 18.5 Å². The molecule has 0 radical (unpaired) electrons. The van der Waals surface area contributed by atoms with Gasteiger partial charge in [-0.1, -0.05) is 6.07 Å². The molecule has 1 aliphatic heterocycles. The first kappa shape index (κ1) is 15.9. The third-order valence-electron chi connectivity index (χ3n) is 3.92. The molecule has 8 heteroatoms. The summed E-state index contributed by atoms with van der Waals surface area (Å²) in [4.78, 5) is 16.5. The minimum atomic E-state index is -0.476. The van der Waals surface area contributed by atoms with E-state index in [1.807, 2.05) is 12.1 Å². The van der Waals surface area contributed by atoms with Crippen molar-refractivity contribution in [3.05, 3.63) is 41.4 Å². The average molecular weight is 330 g/mol. The van der Waals surface area contributed by atoms with Gasteiger partial charge in [0.25, 0.3) is 0 Å². The van der Waals surface area contributed by atoms with Gasteiger partial charge in [0.15, 0.2) is 11.5 Å². The molecule has 126 valence electrons. The summed E-state index contributed by atoms with van der Waals surface area (Å²) in [7, 11) is 4.49. The van der Waals surface area contributed by atoms with Crippen LogP contribution in [0, 0.1) is 0 Å². The first-order valence-corrected chi connectivity index (χ1v) is 7.28. The van der Waals surface area contributed by atoms with Crippen LogP contribution in [0.25, 0.3) is 0 Å². The lowest BCUT2D eigenvalue weighted by molar-refractivity contribution is -0.136. The Bertz CT molecular complexity index is 812. The van der Waals surface area contributed by atoms with Crippen LogP contribution in [0.15, 0.2) is 35.8 Å². The third kappa shape index (κ3) is 2.45. The van der Waals surface area contributed by atoms with E-state index >= 15 is 0 Å². The van der Waals surface area contributed by atoms with E-state index in [0.717, 1.165) is 5.56 Å². The van der Waals surface area contributed by atoms with E-state index in [0.29, 0.717) is 28.7 Å². The van der Waals surface area contributed by atoms with Crippen molar-refractivity contribution in [3.63, 3.8) is 0 Å². The summed E-state index contributed by atoms with van der Waals surface area (Å²) in [5.74, 6) is 1.30. The Morgan fingerprint density at radius 1 is 1.21 bits per heavy atom. The van der Waals surface area contributed by atoms with Crippen molar-refractivity contribution in [1.29, 1.82) is 0 Å². The average Bonchev–Trinajstić information content (AvgIpc) is 3.07. The van der Waals surface area contributed by atoms with Crippen molar-refractivity contribution < 1.29 is 19.0 Å². The second-order valence-corrected chi connectivity index (χ2v) is 5.20. The summed E-state index contributed by atoms with van der Waals surface area (Å²) in [5, 5.41) is 7.31. The van der Waals surface area contributed by atoms with E-state index in [-0.39, 0.29) is 0 Å². The number of carbonyl (C=O) groups is 1. The summed E-state index contributed by atoms with van der Waals surface area (Å²) < 4.78 is 17.2. The Kier molecular flexibility index (Phi) is 4.11. The van der Waals surface area contributed by atoms with Gasteiger partial charge in [-0.05, 0) is 24.6 Å². The van der Waals surface area contributed by atoms with E-state index in [4.69, 9.17) is 14.2 Å². The van der Waals surface area contributed by atoms with Gasteiger partial charge in [-0.15, -0.1) is 0 Å². The highest BCUT2D eigenvalue weighted by Crippen LogP contribution is 2.38. The molecule has 2 heterocycles. The number of benzene rings is 1. The molecular formula is C16H18N4O4. The van der Waals surface area contributed by atoms with Crippen LogP contribution in [0.4, 0.5) is 5.95 Å². The maximum atomic E-state index is 12.3. The zero-order chi connectivity index (χ0) is 17.3. The number of hydrogen-bond acceptors (Lipinski definition) is 7. The molecule has 1 aliphatic rings. The summed E-state index contributed by atoms with van der Waals surface area (Å²) in [6, 6.07) is 4.99. The number of rotatable bonds is 4. The summed E-state index contributed by atoms with van der Waals surface area (Å²) in [6.07, 6.45) is 1.43. The number of nitrogens with zero attached hydrogens (tertiary/aromatic N) is 3. The number of carbonyl (C=O) groups excluding carboxylic acids is 1. The second-order valence-electron chi connectivity index (χ2n) is 5.20. The number of allylic oxidation sites excluding steroid dienone is 1. The lowest BCUT2D eigenvalue weighted by Gasteiger charge is -2.28. The molecule has 1 atom stereocenters. The summed E-state index contributed by atoms with van der Waals surface area (Å²) >= 11 is 0. The minimum absolute atomic E-state index is 0.430. The van der Waals surface area contributed by atoms with Crippen LogP contribution in [-0.4, -0.2) is 42.1 Å². The smallest absolute Gasteiger partial charge is 0.338 e. The van der Waals surface area contributed by atoms with Gasteiger partial charge in [-0.25, -0.2) is 9.48 Å². The van der Waals surface area contributed by atoms with Gasteiger partial charge in [0, 0.05) is 5.70 Å². The Labute approximate surface area is 139 Å². The quantitative estimate of drug-likeness (QED) is 0.855. The molecule has 0 amide bonds. The topological polar surface area (TPSA) is 87.5 Å². The van der Waals surface area contributed by atoms with Crippen LogP contribution < -0.4 is 14.8 Å². The highest BCUT2D eigenvalue weighted by atomic mass is 16.5. The zero-order valence-electron chi connectivity index (χ0n) is 13.9. The molecule has 24 heavy (non-hydrogen) atoms. The number of ether oxygens (including phenoxy) is 3. The Balaban J connectivity index is 2.18. The fraction of sp³-hybridized carbons (Fsp3) is 0.312. The maximum absolute atomic E-state index is 12.3. The molecular weight excluding hydrogens is 312 g/mol. The Hall–Kier alpha value is -3.03. The van der Waals surface area contributed by atoms with Crippen molar-refractivity contribution in [2.45, 2.75) is 13.0 Å². The van der Waals surface area contributed by atoms with E-state index in [9.17, 15) is 4.79 Å². The van der Waals surface area contributed by atoms with E-state index < -0.39 is 12.0 Å². The molecule has 0 saturated carbocycles. The third-order valence-corrected chi connectivity index (χ3v) is 3.92. The van der Waals surface area contributed by atoms with E-state index in [1.165, 1.54) is 13.4 Å². The Morgan fingerprint density at radius 3 is 2.62 bits per heavy atom. The van der Waals surface area contributed by atoms with Crippen LogP contribution >= 0.6 is 0 Å². The molecule has 1 aromatic heterocycles. The van der Waals surface area contributed by atoms with Crippen molar-refractivity contribution >= 4 is 11.9 Å². The Morgan fingerprint density at radius 2 is 1.96 bits per heavy atom. The molecule has 0 aliphatic carbocycles. The summed E-state index contributed by atoms with van der Waals surface area (Å²) in [5.41, 5.74) is 1.94. The summed E-state index contributed by atoms with van der Waals surface area (Å²) in [6.45, 7) is 1.80. The van der Waals surface area contributed by atoms with Crippen molar-refractivity contribution in [2.75, 3.05) is 26.6 Å². The van der Waals surface area contributed by atoms with Gasteiger partial charge < -0.3 is 19.5 Å². The first-order chi connectivity index (χ1) is 11.6. The lowest BCUT2D eigenvalue weighted by Crippen LogP contribution is -2.29. The largest absolute Gasteiger partial charge is 0.493 e. The standard InChI is InChI=1S/C16H18N4O4/c1-9-13(15(21)24-4)14(20-16(19-9)17-8-18-20)10-5-6-11(22-2)12(7-10)23-3/h5-8,14H,1-4H3,(H,17,18,19)/t14-/m0/s1. The molecule has 8 nitrogen and oxygen atoms in total. The molecule has 3 rings (SSSR count). The molecule has 0 fully saturated rings. The SMILES string of the molecule is COC(=O)C1=C(C)Nc2ncnn2[C@H]1c1ccc(OC)c(OC)c1. The van der Waals surface area contributed by atoms with Gasteiger partial charge in [-0.2, -0.15) is 10.1 Å². The molecule has 0 spiro atoms. The van der Waals surface area contributed by atoms with Crippen LogP contribution in [-0.2, 0) is 9.53 Å². The fourth-order valence-electron chi connectivity index (χ4n) is 2.80. The molecule has 0 bridgehead atoms. The number of nitrogens with one attached hydrogen (secondary N) is 1. The van der Waals surface area contributed by atoms with Crippen LogP contribution in [0.3, 0.4) is 0 Å². The van der Waals surface area contributed by atoms with Crippen molar-refractivity contribution in [3.8, 4) is 11.5 Å². The lowest BCUT2D eigenvalue weighted by atomic mass is 9.95. The number of methoxy groups -OCH3 is 3. The van der Waals surface area contributed by atoms with Crippen LogP contribution in [0.2, 0.25) is 0 Å². The highest BCUT2D eigenvalue weighted by Gasteiger charge is 2.34. The molecule has 0 unspecified atom stereocenters. The van der Waals surface area contributed by atoms with Gasteiger partial charge in [0.2, 0.25) is 5.95 Å². The fourth-order valence-corrected chi connectivity index (χ4v) is 2.80.